The van der Waals surface area contributed by atoms with Gasteiger partial charge in [-0.2, -0.15) is 0 Å². The van der Waals surface area contributed by atoms with Crippen LogP contribution >= 0.6 is 0 Å². The number of ketones is 1. The molecule has 0 spiro atoms. The Balaban J connectivity index is 2.00. The van der Waals surface area contributed by atoms with E-state index in [0.29, 0.717) is 35.8 Å². The Morgan fingerprint density at radius 2 is 1.69 bits per heavy atom. The average molecular weight is 479 g/mol. The van der Waals surface area contributed by atoms with Gasteiger partial charge < -0.3 is 24.4 Å². The van der Waals surface area contributed by atoms with Crippen molar-refractivity contribution in [1.82, 2.24) is 4.90 Å². The molecule has 7 nitrogen and oxygen atoms in total. The van der Waals surface area contributed by atoms with Crippen LogP contribution in [0, 0.1) is 0 Å². The lowest BCUT2D eigenvalue weighted by Gasteiger charge is -2.28. The number of Topliss-reactive ketones (excluding diaryl/α,β-unsaturated/α-hetero) is 1. The molecule has 1 amide bonds. The largest absolute Gasteiger partial charge is 0.872 e. The zero-order valence-corrected chi connectivity index (χ0v) is 20.7. The van der Waals surface area contributed by atoms with Crippen molar-refractivity contribution in [3.05, 3.63) is 77.9 Å². The molecule has 0 aliphatic carbocycles. The number of amides is 1. The van der Waals surface area contributed by atoms with Gasteiger partial charge >= 0.3 is 0 Å². The number of carbonyl (C=O) groups excluding carboxylic acids is 2. The van der Waals surface area contributed by atoms with Gasteiger partial charge in [-0.1, -0.05) is 42.7 Å². The molecule has 3 rings (SSSR count). The van der Waals surface area contributed by atoms with Gasteiger partial charge in [0.05, 0.1) is 32.8 Å². The van der Waals surface area contributed by atoms with E-state index in [1.165, 1.54) is 4.90 Å². The van der Waals surface area contributed by atoms with Crippen LogP contribution in [0.5, 0.6) is 11.5 Å². The number of methoxy groups -OCH3 is 1. The van der Waals surface area contributed by atoms with E-state index in [9.17, 15) is 14.7 Å². The molecular formula is C28H34N2O5. The van der Waals surface area contributed by atoms with Crippen LogP contribution in [0.25, 0.3) is 5.76 Å². The predicted octanol–water partition coefficient (Wildman–Crippen LogP) is 1.80. The van der Waals surface area contributed by atoms with Crippen LogP contribution in [-0.2, 0) is 9.59 Å². The van der Waals surface area contributed by atoms with Crippen molar-refractivity contribution in [2.45, 2.75) is 26.3 Å². The first-order valence-electron chi connectivity index (χ1n) is 12.0. The average Bonchev–Trinajstić information content (AvgIpc) is 3.14. The van der Waals surface area contributed by atoms with E-state index in [1.807, 2.05) is 0 Å². The lowest BCUT2D eigenvalue weighted by atomic mass is 9.95. The summed E-state index contributed by atoms with van der Waals surface area (Å²) >= 11 is 0. The zero-order chi connectivity index (χ0) is 25.4. The summed E-state index contributed by atoms with van der Waals surface area (Å²) in [6.45, 7) is 11.5. The van der Waals surface area contributed by atoms with Gasteiger partial charge in [-0.05, 0) is 49.2 Å². The second kappa shape index (κ2) is 12.2. The molecule has 35 heavy (non-hydrogen) atoms. The molecule has 1 heterocycles. The summed E-state index contributed by atoms with van der Waals surface area (Å²) in [7, 11) is 1.54. The highest BCUT2D eigenvalue weighted by Gasteiger charge is 2.44. The fourth-order valence-electron chi connectivity index (χ4n) is 4.35. The Labute approximate surface area is 207 Å². The number of likely N-dealkylation sites (tertiary alicyclic amines) is 1. The number of benzene rings is 2. The Morgan fingerprint density at radius 3 is 2.26 bits per heavy atom. The van der Waals surface area contributed by atoms with E-state index in [2.05, 4.69) is 20.4 Å². The lowest BCUT2D eigenvalue weighted by molar-refractivity contribution is -0.896. The molecule has 0 radical (unpaired) electrons. The van der Waals surface area contributed by atoms with Crippen molar-refractivity contribution >= 4 is 17.4 Å². The minimum absolute atomic E-state index is 0.0184. The fourth-order valence-corrected chi connectivity index (χ4v) is 4.35. The molecule has 0 bridgehead atoms. The van der Waals surface area contributed by atoms with E-state index >= 15 is 0 Å². The van der Waals surface area contributed by atoms with Crippen LogP contribution in [0.3, 0.4) is 0 Å². The van der Waals surface area contributed by atoms with Crippen molar-refractivity contribution in [3.8, 4) is 11.5 Å². The summed E-state index contributed by atoms with van der Waals surface area (Å²) in [5.41, 5.74) is 1.02. The standard InChI is InChI=1S/C28H34N2O5/c1-5-19-35-23-15-9-20(10-16-23)25-24(26(31)21-11-13-22(34-4)14-12-21)27(32)28(33)30(25)18-8-17-29(6-2)7-3/h5,9-16,25,31H,1,6-8,17-19H2,2-4H3. The summed E-state index contributed by atoms with van der Waals surface area (Å²) < 4.78 is 10.7. The van der Waals surface area contributed by atoms with Crippen molar-refractivity contribution in [3.63, 3.8) is 0 Å². The van der Waals surface area contributed by atoms with Crippen molar-refractivity contribution < 1.29 is 29.1 Å². The van der Waals surface area contributed by atoms with Gasteiger partial charge in [-0.15, -0.1) is 0 Å². The van der Waals surface area contributed by atoms with E-state index in [0.717, 1.165) is 26.1 Å². The summed E-state index contributed by atoms with van der Waals surface area (Å²) in [6, 6.07) is 13.0. The number of nitrogens with one attached hydrogen (secondary N) is 1. The van der Waals surface area contributed by atoms with Gasteiger partial charge in [0.15, 0.2) is 0 Å². The molecule has 2 aromatic carbocycles. The second-order valence-corrected chi connectivity index (χ2v) is 8.43. The van der Waals surface area contributed by atoms with Crippen LogP contribution in [0.1, 0.15) is 37.4 Å². The number of nitrogens with zero attached hydrogens (tertiary/aromatic N) is 1. The molecule has 2 aromatic rings. The molecule has 0 aromatic heterocycles. The number of quaternary nitrogens is 1. The first kappa shape index (κ1) is 26.0. The maximum atomic E-state index is 13.5. The number of hydrogen-bond donors (Lipinski definition) is 1. The number of carbonyl (C=O) groups is 2. The molecule has 1 aliphatic rings. The van der Waals surface area contributed by atoms with Gasteiger partial charge in [-0.3, -0.25) is 9.59 Å². The summed E-state index contributed by atoms with van der Waals surface area (Å²) in [4.78, 5) is 29.2. The number of hydrogen-bond acceptors (Lipinski definition) is 5. The Bertz CT molecular complexity index is 1060. The molecule has 186 valence electrons. The smallest absolute Gasteiger partial charge is 0.295 e. The highest BCUT2D eigenvalue weighted by atomic mass is 16.5. The molecule has 7 heteroatoms. The van der Waals surface area contributed by atoms with Crippen LogP contribution < -0.4 is 19.5 Å². The maximum Gasteiger partial charge on any atom is 0.295 e. The van der Waals surface area contributed by atoms with Gasteiger partial charge in [0.2, 0.25) is 5.78 Å². The predicted molar refractivity (Wildman–Crippen MR) is 133 cm³/mol. The molecule has 1 fully saturated rings. The highest BCUT2D eigenvalue weighted by Crippen LogP contribution is 2.39. The number of ether oxygens (including phenoxy) is 2. The first-order valence-corrected chi connectivity index (χ1v) is 12.0. The van der Waals surface area contributed by atoms with E-state index in [1.54, 1.807) is 66.6 Å². The van der Waals surface area contributed by atoms with Crippen LogP contribution in [0.15, 0.2) is 66.8 Å². The second-order valence-electron chi connectivity index (χ2n) is 8.43. The summed E-state index contributed by atoms with van der Waals surface area (Å²) in [5.74, 6) is -0.567. The van der Waals surface area contributed by atoms with Crippen LogP contribution in [0.4, 0.5) is 0 Å². The SMILES string of the molecule is C=CCOc1ccc(C2C(=C([O-])c3ccc(OC)cc3)C(=O)C(=O)N2CCC[NH+](CC)CC)cc1. The normalized spacial score (nSPS) is 17.1. The van der Waals surface area contributed by atoms with Crippen molar-refractivity contribution in [2.75, 3.05) is 39.9 Å². The van der Waals surface area contributed by atoms with Crippen molar-refractivity contribution in [2.24, 2.45) is 0 Å². The maximum absolute atomic E-state index is 13.5. The Morgan fingerprint density at radius 1 is 1.06 bits per heavy atom. The van der Waals surface area contributed by atoms with Crippen LogP contribution in [0.2, 0.25) is 0 Å². The molecule has 1 aliphatic heterocycles. The van der Waals surface area contributed by atoms with Gasteiger partial charge in [-0.25, -0.2) is 0 Å². The number of rotatable bonds is 12. The van der Waals surface area contributed by atoms with Gasteiger partial charge in [0.1, 0.15) is 18.1 Å². The van der Waals surface area contributed by atoms with Gasteiger partial charge in [0, 0.05) is 18.5 Å². The van der Waals surface area contributed by atoms with E-state index in [-0.39, 0.29) is 5.57 Å². The molecule has 1 N–H and O–H groups in total. The molecular weight excluding hydrogens is 444 g/mol. The molecule has 1 unspecified atom stereocenters. The van der Waals surface area contributed by atoms with Gasteiger partial charge in [0.25, 0.3) is 5.91 Å². The van der Waals surface area contributed by atoms with E-state index in [4.69, 9.17) is 9.47 Å². The van der Waals surface area contributed by atoms with Crippen LogP contribution in [-0.4, -0.2) is 56.5 Å². The zero-order valence-electron chi connectivity index (χ0n) is 20.7. The third kappa shape index (κ3) is 5.92. The highest BCUT2D eigenvalue weighted by molar-refractivity contribution is 6.46. The molecule has 0 saturated carbocycles. The third-order valence-corrected chi connectivity index (χ3v) is 6.37. The van der Waals surface area contributed by atoms with E-state index < -0.39 is 23.5 Å². The minimum atomic E-state index is -0.746. The molecule has 1 saturated heterocycles. The third-order valence-electron chi connectivity index (χ3n) is 6.37. The monoisotopic (exact) mass is 478 g/mol. The minimum Gasteiger partial charge on any atom is -0.872 e. The summed E-state index contributed by atoms with van der Waals surface area (Å²) in [5, 5.41) is 13.5. The Kier molecular flexibility index (Phi) is 9.09. The first-order chi connectivity index (χ1) is 16.9. The molecule has 1 atom stereocenters. The van der Waals surface area contributed by atoms with Crippen molar-refractivity contribution in [1.29, 1.82) is 0 Å². The topological polar surface area (TPSA) is 83.3 Å². The summed E-state index contributed by atoms with van der Waals surface area (Å²) in [6.07, 6.45) is 2.39. The fraction of sp³-hybridized carbons (Fsp3) is 0.357. The quantitative estimate of drug-likeness (QED) is 0.218. The Hall–Kier alpha value is -3.58. The lowest BCUT2D eigenvalue weighted by Crippen LogP contribution is -3.11.